The summed E-state index contributed by atoms with van der Waals surface area (Å²) in [5, 5.41) is 0. The van der Waals surface area contributed by atoms with Crippen molar-refractivity contribution in [2.24, 2.45) is 5.73 Å². The van der Waals surface area contributed by atoms with Gasteiger partial charge in [-0.25, -0.2) is 0 Å². The van der Waals surface area contributed by atoms with Gasteiger partial charge in [-0.05, 0) is 0 Å². The molecule has 0 aromatic heterocycles. The zero-order valence-electron chi connectivity index (χ0n) is 8.72. The van der Waals surface area contributed by atoms with E-state index in [0.717, 1.165) is 0 Å². The molecule has 0 saturated carbocycles. The summed E-state index contributed by atoms with van der Waals surface area (Å²) in [6.45, 7) is 0.405. The molecule has 0 aliphatic carbocycles. The van der Waals surface area contributed by atoms with E-state index in [9.17, 15) is 4.79 Å². The normalized spacial score (nSPS) is 12.9. The van der Waals surface area contributed by atoms with Gasteiger partial charge >= 0.3 is 0 Å². The molecule has 0 aliphatic rings. The summed E-state index contributed by atoms with van der Waals surface area (Å²) in [6, 6.07) is 9.06. The molecule has 1 aromatic carbocycles. The zero-order valence-corrected chi connectivity index (χ0v) is 8.72. The highest BCUT2D eigenvalue weighted by Crippen LogP contribution is 2.06. The van der Waals surface area contributed by atoms with Crippen LogP contribution in [0.1, 0.15) is 10.4 Å². The summed E-state index contributed by atoms with van der Waals surface area (Å²) in [5.74, 6) is -0.0530. The van der Waals surface area contributed by atoms with Gasteiger partial charge in [-0.2, -0.15) is 0 Å². The number of methoxy groups -OCH3 is 1. The van der Waals surface area contributed by atoms with Crippen LogP contribution in [0.15, 0.2) is 42.5 Å². The van der Waals surface area contributed by atoms with Gasteiger partial charge in [-0.1, -0.05) is 42.5 Å². The molecule has 2 N–H and O–H groups in total. The van der Waals surface area contributed by atoms with Gasteiger partial charge in [-0.15, -0.1) is 0 Å². The Bertz CT molecular complexity index is 333. The Morgan fingerprint density at radius 3 is 2.67 bits per heavy atom. The molecule has 3 heteroatoms. The van der Waals surface area contributed by atoms with Crippen LogP contribution in [-0.4, -0.2) is 25.5 Å². The van der Waals surface area contributed by atoms with Crippen molar-refractivity contribution in [3.63, 3.8) is 0 Å². The number of ketones is 1. The van der Waals surface area contributed by atoms with Crippen LogP contribution in [-0.2, 0) is 4.74 Å². The summed E-state index contributed by atoms with van der Waals surface area (Å²) in [6.07, 6.45) is 2.85. The van der Waals surface area contributed by atoms with Gasteiger partial charge in [0.25, 0.3) is 0 Å². The van der Waals surface area contributed by atoms with Crippen LogP contribution in [0.5, 0.6) is 0 Å². The molecule has 80 valence electrons. The summed E-state index contributed by atoms with van der Waals surface area (Å²) in [4.78, 5) is 11.9. The van der Waals surface area contributed by atoms with Crippen molar-refractivity contribution in [2.75, 3.05) is 13.7 Å². The largest absolute Gasteiger partial charge is 0.369 e. The predicted octanol–water partition coefficient (Wildman–Crippen LogP) is 1.40. The Morgan fingerprint density at radius 2 is 2.13 bits per heavy atom. The zero-order chi connectivity index (χ0) is 11.1. The first kappa shape index (κ1) is 11.6. The minimum Gasteiger partial charge on any atom is -0.369 e. The Morgan fingerprint density at radius 1 is 1.47 bits per heavy atom. The summed E-state index contributed by atoms with van der Waals surface area (Å²) < 4.78 is 5.08. The van der Waals surface area contributed by atoms with Crippen LogP contribution in [0, 0.1) is 0 Å². The fourth-order valence-electron chi connectivity index (χ4n) is 1.24. The summed E-state index contributed by atoms with van der Waals surface area (Å²) >= 11 is 0. The number of ether oxygens (including phenoxy) is 1. The molecule has 1 atom stereocenters. The molecule has 15 heavy (non-hydrogen) atoms. The number of rotatable bonds is 5. The molecule has 0 heterocycles. The molecule has 0 fully saturated rings. The first-order valence-electron chi connectivity index (χ1n) is 4.78. The van der Waals surface area contributed by atoms with Crippen LogP contribution >= 0.6 is 0 Å². The lowest BCUT2D eigenvalue weighted by atomic mass is 10.1. The molecule has 0 aliphatic heterocycles. The van der Waals surface area contributed by atoms with E-state index in [1.807, 2.05) is 18.2 Å². The maximum absolute atomic E-state index is 11.9. The topological polar surface area (TPSA) is 52.3 Å². The van der Waals surface area contributed by atoms with Crippen LogP contribution in [0.2, 0.25) is 0 Å². The number of carbonyl (C=O) groups excluding carboxylic acids is 1. The number of hydrogen-bond donors (Lipinski definition) is 1. The minimum absolute atomic E-state index is 0.0530. The molecule has 3 nitrogen and oxygen atoms in total. The Hall–Kier alpha value is -1.45. The first-order valence-corrected chi connectivity index (χ1v) is 4.78. The minimum atomic E-state index is -0.545. The van der Waals surface area contributed by atoms with Gasteiger partial charge in [0.2, 0.25) is 0 Å². The highest BCUT2D eigenvalue weighted by atomic mass is 16.5. The molecule has 1 aromatic rings. The van der Waals surface area contributed by atoms with Crippen LogP contribution in [0.3, 0.4) is 0 Å². The average molecular weight is 205 g/mol. The maximum Gasteiger partial charge on any atom is 0.195 e. The first-order chi connectivity index (χ1) is 7.29. The highest BCUT2D eigenvalue weighted by molar-refractivity contribution is 6.00. The molecular formula is C12H15NO2. The molecule has 0 radical (unpaired) electrons. The molecule has 1 rings (SSSR count). The Kier molecular flexibility index (Phi) is 4.74. The SMILES string of the molecule is COC(C=CCN)C(=O)c1ccccc1. The maximum atomic E-state index is 11.9. The Balaban J connectivity index is 2.78. The van der Waals surface area contributed by atoms with E-state index in [0.29, 0.717) is 12.1 Å². The molecule has 0 saturated heterocycles. The van der Waals surface area contributed by atoms with E-state index in [4.69, 9.17) is 10.5 Å². The van der Waals surface area contributed by atoms with Crippen LogP contribution in [0.4, 0.5) is 0 Å². The van der Waals surface area contributed by atoms with Gasteiger partial charge in [-0.3, -0.25) is 4.79 Å². The molecule has 0 spiro atoms. The van der Waals surface area contributed by atoms with E-state index in [2.05, 4.69) is 0 Å². The molecule has 0 amide bonds. The number of carbonyl (C=O) groups is 1. The summed E-state index contributed by atoms with van der Waals surface area (Å²) in [5.41, 5.74) is 5.96. The van der Waals surface area contributed by atoms with Crippen molar-refractivity contribution in [2.45, 2.75) is 6.10 Å². The lowest BCUT2D eigenvalue weighted by molar-refractivity contribution is 0.0719. The number of nitrogens with two attached hydrogens (primary N) is 1. The molecule has 1 unspecified atom stereocenters. The fourth-order valence-corrected chi connectivity index (χ4v) is 1.24. The number of hydrogen-bond acceptors (Lipinski definition) is 3. The number of Topliss-reactive ketones (excluding diaryl/α,β-unsaturated/α-hetero) is 1. The number of benzene rings is 1. The third-order valence-corrected chi connectivity index (χ3v) is 2.02. The monoisotopic (exact) mass is 205 g/mol. The van der Waals surface area contributed by atoms with E-state index in [-0.39, 0.29) is 5.78 Å². The second-order valence-corrected chi connectivity index (χ2v) is 3.05. The summed E-state index contributed by atoms with van der Waals surface area (Å²) in [7, 11) is 1.51. The smallest absolute Gasteiger partial charge is 0.195 e. The standard InChI is InChI=1S/C12H15NO2/c1-15-11(8-5-9-13)12(14)10-6-3-2-4-7-10/h2-8,11H,9,13H2,1H3. The van der Waals surface area contributed by atoms with Gasteiger partial charge in [0.1, 0.15) is 6.10 Å². The van der Waals surface area contributed by atoms with Crippen molar-refractivity contribution in [1.29, 1.82) is 0 Å². The van der Waals surface area contributed by atoms with Gasteiger partial charge < -0.3 is 10.5 Å². The predicted molar refractivity (Wildman–Crippen MR) is 59.8 cm³/mol. The second kappa shape index (κ2) is 6.11. The van der Waals surface area contributed by atoms with E-state index < -0.39 is 6.10 Å². The van der Waals surface area contributed by atoms with Gasteiger partial charge in [0.05, 0.1) is 0 Å². The van der Waals surface area contributed by atoms with E-state index in [1.165, 1.54) is 7.11 Å². The van der Waals surface area contributed by atoms with Crippen molar-refractivity contribution >= 4 is 5.78 Å². The van der Waals surface area contributed by atoms with Crippen molar-refractivity contribution in [3.05, 3.63) is 48.0 Å². The Labute approximate surface area is 89.5 Å². The van der Waals surface area contributed by atoms with Crippen molar-refractivity contribution in [1.82, 2.24) is 0 Å². The second-order valence-electron chi connectivity index (χ2n) is 3.05. The van der Waals surface area contributed by atoms with Gasteiger partial charge in [0, 0.05) is 19.2 Å². The van der Waals surface area contributed by atoms with E-state index >= 15 is 0 Å². The lowest BCUT2D eigenvalue weighted by Gasteiger charge is -2.09. The van der Waals surface area contributed by atoms with Crippen molar-refractivity contribution < 1.29 is 9.53 Å². The average Bonchev–Trinajstić information content (AvgIpc) is 2.31. The fraction of sp³-hybridized carbons (Fsp3) is 0.250. The third-order valence-electron chi connectivity index (χ3n) is 2.02. The van der Waals surface area contributed by atoms with Crippen molar-refractivity contribution in [3.8, 4) is 0 Å². The quantitative estimate of drug-likeness (QED) is 0.584. The third kappa shape index (κ3) is 3.31. The highest BCUT2D eigenvalue weighted by Gasteiger charge is 2.15. The molecule has 0 bridgehead atoms. The van der Waals surface area contributed by atoms with Crippen LogP contribution in [0.25, 0.3) is 0 Å². The lowest BCUT2D eigenvalue weighted by Crippen LogP contribution is -2.20. The van der Waals surface area contributed by atoms with Crippen LogP contribution < -0.4 is 5.73 Å². The van der Waals surface area contributed by atoms with Gasteiger partial charge in [0.15, 0.2) is 5.78 Å². The van der Waals surface area contributed by atoms with E-state index in [1.54, 1.807) is 24.3 Å². The molecular weight excluding hydrogens is 190 g/mol.